The highest BCUT2D eigenvalue weighted by Gasteiger charge is 2.42. The van der Waals surface area contributed by atoms with Crippen LogP contribution in [0.2, 0.25) is 0 Å². The molecule has 1 aromatic rings. The van der Waals surface area contributed by atoms with E-state index >= 15 is 0 Å². The van der Waals surface area contributed by atoms with Crippen molar-refractivity contribution in [1.29, 1.82) is 0 Å². The smallest absolute Gasteiger partial charge is 0.254 e. The summed E-state index contributed by atoms with van der Waals surface area (Å²) < 4.78 is 39.4. The Morgan fingerprint density at radius 3 is 2.10 bits per heavy atom. The Kier molecular flexibility index (Phi) is 3.52. The zero-order chi connectivity index (χ0) is 14.4. The SMILES string of the molecule is O=C(c1cc(F)c(F)c(F)c1)N1C2CCC1CC(Br)C2. The zero-order valence-corrected chi connectivity index (χ0v) is 12.2. The number of amides is 1. The maximum Gasteiger partial charge on any atom is 0.254 e. The number of alkyl halides is 1. The molecule has 2 aliphatic heterocycles. The van der Waals surface area contributed by atoms with Gasteiger partial charge in [-0.25, -0.2) is 13.2 Å². The van der Waals surface area contributed by atoms with Crippen molar-refractivity contribution in [3.8, 4) is 0 Å². The first kappa shape index (κ1) is 13.9. The summed E-state index contributed by atoms with van der Waals surface area (Å²) in [5.41, 5.74) is -0.119. The van der Waals surface area contributed by atoms with E-state index < -0.39 is 23.4 Å². The molecule has 0 radical (unpaired) electrons. The first-order chi connectivity index (χ1) is 9.47. The monoisotopic (exact) mass is 347 g/mol. The second-order valence-electron chi connectivity index (χ2n) is 5.42. The number of carbonyl (C=O) groups is 1. The molecule has 0 aliphatic carbocycles. The topological polar surface area (TPSA) is 20.3 Å². The Morgan fingerprint density at radius 2 is 1.60 bits per heavy atom. The summed E-state index contributed by atoms with van der Waals surface area (Å²) in [6, 6.07) is 1.75. The summed E-state index contributed by atoms with van der Waals surface area (Å²) in [4.78, 5) is 14.5. The molecule has 3 rings (SSSR count). The van der Waals surface area contributed by atoms with Crippen molar-refractivity contribution in [1.82, 2.24) is 4.90 Å². The van der Waals surface area contributed by atoms with E-state index in [-0.39, 0.29) is 17.6 Å². The van der Waals surface area contributed by atoms with Gasteiger partial charge in [0.2, 0.25) is 0 Å². The molecule has 2 unspecified atom stereocenters. The normalized spacial score (nSPS) is 28.8. The number of carbonyl (C=O) groups excluding carboxylic acids is 1. The van der Waals surface area contributed by atoms with Crippen LogP contribution in [0.3, 0.4) is 0 Å². The highest BCUT2D eigenvalue weighted by molar-refractivity contribution is 9.09. The van der Waals surface area contributed by atoms with Crippen molar-refractivity contribution in [3.63, 3.8) is 0 Å². The Hall–Kier alpha value is -1.04. The summed E-state index contributed by atoms with van der Waals surface area (Å²) in [6.07, 6.45) is 3.50. The minimum atomic E-state index is -1.54. The molecule has 1 amide bonds. The molecule has 2 bridgehead atoms. The largest absolute Gasteiger partial charge is 0.333 e. The van der Waals surface area contributed by atoms with Crippen LogP contribution in [0.15, 0.2) is 12.1 Å². The number of benzene rings is 1. The molecule has 2 heterocycles. The number of hydrogen-bond acceptors (Lipinski definition) is 1. The molecule has 1 aromatic carbocycles. The quantitative estimate of drug-likeness (QED) is 0.561. The summed E-state index contributed by atoms with van der Waals surface area (Å²) >= 11 is 3.57. The number of rotatable bonds is 1. The van der Waals surface area contributed by atoms with Crippen molar-refractivity contribution in [2.24, 2.45) is 0 Å². The van der Waals surface area contributed by atoms with Crippen molar-refractivity contribution in [2.75, 3.05) is 0 Å². The van der Waals surface area contributed by atoms with Crippen molar-refractivity contribution >= 4 is 21.8 Å². The minimum absolute atomic E-state index is 0.0989. The van der Waals surface area contributed by atoms with E-state index in [4.69, 9.17) is 0 Å². The molecule has 6 heteroatoms. The summed E-state index contributed by atoms with van der Waals surface area (Å²) in [7, 11) is 0. The van der Waals surface area contributed by atoms with Gasteiger partial charge in [0.1, 0.15) is 0 Å². The van der Waals surface area contributed by atoms with Crippen LogP contribution in [-0.2, 0) is 0 Å². The van der Waals surface area contributed by atoms with Gasteiger partial charge in [0.25, 0.3) is 5.91 Å². The van der Waals surface area contributed by atoms with Crippen LogP contribution in [0, 0.1) is 17.5 Å². The number of fused-ring (bicyclic) bond motifs is 2. The Balaban J connectivity index is 1.90. The molecule has 2 atom stereocenters. The molecule has 0 spiro atoms. The summed E-state index contributed by atoms with van der Waals surface area (Å²) in [6.45, 7) is 0. The van der Waals surface area contributed by atoms with E-state index in [1.54, 1.807) is 4.90 Å². The maximum atomic E-state index is 13.2. The third-order valence-electron chi connectivity index (χ3n) is 4.14. The lowest BCUT2D eigenvalue weighted by Crippen LogP contribution is -2.46. The van der Waals surface area contributed by atoms with Crippen LogP contribution in [0.4, 0.5) is 13.2 Å². The van der Waals surface area contributed by atoms with E-state index in [1.165, 1.54) is 0 Å². The van der Waals surface area contributed by atoms with Crippen LogP contribution >= 0.6 is 15.9 Å². The van der Waals surface area contributed by atoms with E-state index in [2.05, 4.69) is 15.9 Å². The van der Waals surface area contributed by atoms with E-state index in [0.717, 1.165) is 37.8 Å². The van der Waals surface area contributed by atoms with Gasteiger partial charge in [-0.15, -0.1) is 0 Å². The minimum Gasteiger partial charge on any atom is -0.333 e. The predicted octanol–water partition coefficient (Wildman–Crippen LogP) is 3.63. The average molecular weight is 348 g/mol. The van der Waals surface area contributed by atoms with Gasteiger partial charge in [-0.05, 0) is 37.8 Å². The fourth-order valence-electron chi connectivity index (χ4n) is 3.27. The molecular formula is C14H13BrF3NO. The third kappa shape index (κ3) is 2.24. The predicted molar refractivity (Wildman–Crippen MR) is 71.2 cm³/mol. The van der Waals surface area contributed by atoms with Crippen LogP contribution in [0.25, 0.3) is 0 Å². The third-order valence-corrected chi connectivity index (χ3v) is 4.89. The fraction of sp³-hybridized carbons (Fsp3) is 0.500. The second kappa shape index (κ2) is 5.06. The van der Waals surface area contributed by atoms with Crippen LogP contribution in [0.1, 0.15) is 36.0 Å². The van der Waals surface area contributed by atoms with Gasteiger partial charge < -0.3 is 4.90 Å². The van der Waals surface area contributed by atoms with Gasteiger partial charge in [-0.3, -0.25) is 4.79 Å². The van der Waals surface area contributed by atoms with Gasteiger partial charge in [0.15, 0.2) is 17.5 Å². The van der Waals surface area contributed by atoms with Gasteiger partial charge >= 0.3 is 0 Å². The summed E-state index contributed by atoms with van der Waals surface area (Å²) in [5.74, 6) is -4.59. The maximum absolute atomic E-state index is 13.2. The fourth-order valence-corrected chi connectivity index (χ4v) is 4.13. The lowest BCUT2D eigenvalue weighted by Gasteiger charge is -2.37. The average Bonchev–Trinajstić information content (AvgIpc) is 2.66. The lowest BCUT2D eigenvalue weighted by molar-refractivity contribution is 0.0602. The zero-order valence-electron chi connectivity index (χ0n) is 10.6. The standard InChI is InChI=1S/C14H13BrF3NO/c15-8-5-9-1-2-10(6-8)19(9)14(20)7-3-11(16)13(18)12(17)4-7/h3-4,8-10H,1-2,5-6H2. The van der Waals surface area contributed by atoms with Gasteiger partial charge in [0.05, 0.1) is 0 Å². The van der Waals surface area contributed by atoms with Crippen molar-refractivity contribution in [3.05, 3.63) is 35.1 Å². The molecular weight excluding hydrogens is 335 g/mol. The highest BCUT2D eigenvalue weighted by atomic mass is 79.9. The second-order valence-corrected chi connectivity index (χ2v) is 6.71. The van der Waals surface area contributed by atoms with Gasteiger partial charge in [0, 0.05) is 22.5 Å². The number of hydrogen-bond donors (Lipinski definition) is 0. The van der Waals surface area contributed by atoms with E-state index in [1.807, 2.05) is 0 Å². The molecule has 20 heavy (non-hydrogen) atoms. The molecule has 108 valence electrons. The lowest BCUT2D eigenvalue weighted by atomic mass is 10.0. The molecule has 0 saturated carbocycles. The highest BCUT2D eigenvalue weighted by Crippen LogP contribution is 2.39. The van der Waals surface area contributed by atoms with Gasteiger partial charge in [-0.1, -0.05) is 15.9 Å². The first-order valence-electron chi connectivity index (χ1n) is 6.58. The number of piperidine rings is 1. The molecule has 2 nitrogen and oxygen atoms in total. The van der Waals surface area contributed by atoms with Crippen LogP contribution < -0.4 is 0 Å². The van der Waals surface area contributed by atoms with Crippen molar-refractivity contribution < 1.29 is 18.0 Å². The molecule has 2 fully saturated rings. The van der Waals surface area contributed by atoms with Crippen molar-refractivity contribution in [2.45, 2.75) is 42.6 Å². The first-order valence-corrected chi connectivity index (χ1v) is 7.50. The van der Waals surface area contributed by atoms with Crippen LogP contribution in [-0.4, -0.2) is 27.7 Å². The van der Waals surface area contributed by atoms with E-state index in [0.29, 0.717) is 4.83 Å². The van der Waals surface area contributed by atoms with Gasteiger partial charge in [-0.2, -0.15) is 0 Å². The Bertz CT molecular complexity index is 528. The molecule has 2 saturated heterocycles. The molecule has 0 N–H and O–H groups in total. The van der Waals surface area contributed by atoms with Crippen LogP contribution in [0.5, 0.6) is 0 Å². The molecule has 2 aliphatic rings. The Morgan fingerprint density at radius 1 is 1.10 bits per heavy atom. The molecule has 0 aromatic heterocycles. The van der Waals surface area contributed by atoms with E-state index in [9.17, 15) is 18.0 Å². The Labute approximate surface area is 123 Å². The summed E-state index contributed by atoms with van der Waals surface area (Å²) in [5, 5.41) is 0. The number of nitrogens with zero attached hydrogens (tertiary/aromatic N) is 1. The number of halogens is 4.